The van der Waals surface area contributed by atoms with Crippen LogP contribution in [-0.2, 0) is 10.0 Å². The van der Waals surface area contributed by atoms with Crippen LogP contribution in [0.3, 0.4) is 0 Å². The lowest BCUT2D eigenvalue weighted by atomic mass is 10.0. The van der Waals surface area contributed by atoms with E-state index in [4.69, 9.17) is 16.0 Å². The number of nitrogens with zero attached hydrogens (tertiary/aromatic N) is 1. The number of rotatable bonds is 4. The van der Waals surface area contributed by atoms with Crippen molar-refractivity contribution in [2.45, 2.75) is 11.1 Å². The normalized spacial score (nSPS) is 18.3. The molecule has 3 rings (SSSR count). The minimum atomic E-state index is -3.73. The van der Waals surface area contributed by atoms with Crippen molar-refractivity contribution in [2.75, 3.05) is 26.7 Å². The topological polar surface area (TPSA) is 91.7 Å². The zero-order chi connectivity index (χ0) is 18.0. The van der Waals surface area contributed by atoms with Crippen LogP contribution in [0.5, 0.6) is 0 Å². The minimum absolute atomic E-state index is 0.0206. The Morgan fingerprint density at radius 3 is 2.80 bits per heavy atom. The van der Waals surface area contributed by atoms with Crippen LogP contribution < -0.4 is 10.0 Å². The Morgan fingerprint density at radius 1 is 1.32 bits per heavy atom. The molecule has 1 saturated heterocycles. The van der Waals surface area contributed by atoms with E-state index in [0.29, 0.717) is 24.7 Å². The number of hydrogen-bond acceptors (Lipinski definition) is 5. The van der Waals surface area contributed by atoms with E-state index < -0.39 is 10.0 Å². The molecular weight excluding hydrogens is 366 g/mol. The summed E-state index contributed by atoms with van der Waals surface area (Å²) < 4.78 is 31.0. The maximum atomic E-state index is 12.9. The van der Waals surface area contributed by atoms with Gasteiger partial charge in [-0.15, -0.1) is 0 Å². The van der Waals surface area contributed by atoms with E-state index in [0.717, 1.165) is 5.56 Å². The number of piperazine rings is 1. The summed E-state index contributed by atoms with van der Waals surface area (Å²) in [6.45, 7) is 1.65. The monoisotopic (exact) mass is 383 g/mol. The predicted molar refractivity (Wildman–Crippen MR) is 93.1 cm³/mol. The van der Waals surface area contributed by atoms with E-state index in [1.54, 1.807) is 11.0 Å². The van der Waals surface area contributed by atoms with Gasteiger partial charge in [-0.05, 0) is 30.8 Å². The lowest BCUT2D eigenvalue weighted by Crippen LogP contribution is -2.48. The first-order valence-electron chi connectivity index (χ1n) is 7.73. The molecule has 7 nitrogen and oxygen atoms in total. The van der Waals surface area contributed by atoms with E-state index in [1.165, 1.54) is 19.2 Å². The third-order valence-corrected chi connectivity index (χ3v) is 5.72. The summed E-state index contributed by atoms with van der Waals surface area (Å²) in [6.07, 6.45) is 0. The average Bonchev–Trinajstić information content (AvgIpc) is 3.12. The molecule has 1 amide bonds. The lowest BCUT2D eigenvalue weighted by Gasteiger charge is -2.36. The van der Waals surface area contributed by atoms with E-state index in [-0.39, 0.29) is 22.8 Å². The van der Waals surface area contributed by atoms with Gasteiger partial charge >= 0.3 is 0 Å². The third kappa shape index (κ3) is 3.57. The molecule has 0 saturated carbocycles. The SMILES string of the molecule is CNS(=O)(=O)c1ccc(C(=O)N2CCNCC2c2ccccc2Cl)o1. The van der Waals surface area contributed by atoms with Crippen LogP contribution in [0.1, 0.15) is 22.2 Å². The predicted octanol–water partition coefficient (Wildman–Crippen LogP) is 1.63. The van der Waals surface area contributed by atoms with Crippen molar-refractivity contribution in [2.24, 2.45) is 0 Å². The molecule has 25 heavy (non-hydrogen) atoms. The van der Waals surface area contributed by atoms with Crippen LogP contribution in [0.4, 0.5) is 0 Å². The molecule has 1 fully saturated rings. The highest BCUT2D eigenvalue weighted by molar-refractivity contribution is 7.89. The van der Waals surface area contributed by atoms with Gasteiger partial charge in [-0.1, -0.05) is 29.8 Å². The highest BCUT2D eigenvalue weighted by atomic mass is 35.5. The third-order valence-electron chi connectivity index (χ3n) is 4.09. The molecule has 1 aliphatic heterocycles. The number of benzene rings is 1. The second-order valence-electron chi connectivity index (χ2n) is 5.57. The molecule has 0 bridgehead atoms. The largest absolute Gasteiger partial charge is 0.438 e. The van der Waals surface area contributed by atoms with Crippen molar-refractivity contribution in [3.05, 3.63) is 52.7 Å². The van der Waals surface area contributed by atoms with Gasteiger partial charge in [0.1, 0.15) is 0 Å². The molecule has 1 unspecified atom stereocenters. The molecule has 0 aliphatic carbocycles. The van der Waals surface area contributed by atoms with Crippen molar-refractivity contribution >= 4 is 27.5 Å². The van der Waals surface area contributed by atoms with Gasteiger partial charge < -0.3 is 14.6 Å². The molecule has 134 valence electrons. The van der Waals surface area contributed by atoms with Crippen LogP contribution in [0.2, 0.25) is 5.02 Å². The fourth-order valence-corrected chi connectivity index (χ4v) is 3.70. The average molecular weight is 384 g/mol. The molecular formula is C16H18ClN3O4S. The van der Waals surface area contributed by atoms with Gasteiger partial charge in [0, 0.05) is 24.7 Å². The number of nitrogens with one attached hydrogen (secondary N) is 2. The Bertz CT molecular complexity index is 881. The number of carbonyl (C=O) groups excluding carboxylic acids is 1. The molecule has 1 atom stereocenters. The van der Waals surface area contributed by atoms with Crippen LogP contribution in [0.15, 0.2) is 45.9 Å². The Kier molecular flexibility index (Phi) is 5.14. The maximum Gasteiger partial charge on any atom is 0.290 e. The summed E-state index contributed by atoms with van der Waals surface area (Å²) in [5, 5.41) is 3.53. The molecule has 2 N–H and O–H groups in total. The van der Waals surface area contributed by atoms with Gasteiger partial charge in [0.25, 0.3) is 15.9 Å². The number of carbonyl (C=O) groups is 1. The van der Waals surface area contributed by atoms with Crippen molar-refractivity contribution < 1.29 is 17.6 Å². The molecule has 2 heterocycles. The summed E-state index contributed by atoms with van der Waals surface area (Å²) >= 11 is 6.28. The van der Waals surface area contributed by atoms with Gasteiger partial charge in [0.05, 0.1) is 6.04 Å². The van der Waals surface area contributed by atoms with Crippen molar-refractivity contribution in [1.82, 2.24) is 14.9 Å². The zero-order valence-corrected chi connectivity index (χ0v) is 15.1. The number of furan rings is 1. The second-order valence-corrected chi connectivity index (χ2v) is 7.79. The molecule has 1 aromatic heterocycles. The summed E-state index contributed by atoms with van der Waals surface area (Å²) in [7, 11) is -2.45. The van der Waals surface area contributed by atoms with Crippen LogP contribution >= 0.6 is 11.6 Å². The van der Waals surface area contributed by atoms with Gasteiger partial charge in [-0.25, -0.2) is 13.1 Å². The van der Waals surface area contributed by atoms with Crippen molar-refractivity contribution in [3.63, 3.8) is 0 Å². The molecule has 1 aliphatic rings. The maximum absolute atomic E-state index is 12.9. The Hall–Kier alpha value is -1.87. The number of amides is 1. The van der Waals surface area contributed by atoms with E-state index in [2.05, 4.69) is 10.0 Å². The first-order valence-corrected chi connectivity index (χ1v) is 9.59. The van der Waals surface area contributed by atoms with Crippen LogP contribution in [0, 0.1) is 0 Å². The molecule has 9 heteroatoms. The van der Waals surface area contributed by atoms with Gasteiger partial charge in [-0.3, -0.25) is 4.79 Å². The summed E-state index contributed by atoms with van der Waals surface area (Å²) in [5.74, 6) is -0.392. The summed E-state index contributed by atoms with van der Waals surface area (Å²) in [4.78, 5) is 14.5. The van der Waals surface area contributed by atoms with Gasteiger partial charge in [-0.2, -0.15) is 0 Å². The Morgan fingerprint density at radius 2 is 2.08 bits per heavy atom. The highest BCUT2D eigenvalue weighted by Gasteiger charge is 2.32. The molecule has 1 aromatic carbocycles. The number of hydrogen-bond donors (Lipinski definition) is 2. The summed E-state index contributed by atoms with van der Waals surface area (Å²) in [6, 6.07) is 9.73. The van der Waals surface area contributed by atoms with Crippen molar-refractivity contribution in [3.8, 4) is 0 Å². The second kappa shape index (κ2) is 7.17. The fraction of sp³-hybridized carbons (Fsp3) is 0.312. The van der Waals surface area contributed by atoms with Gasteiger partial charge in [0.2, 0.25) is 5.09 Å². The number of halogens is 1. The fourth-order valence-electron chi connectivity index (χ4n) is 2.79. The smallest absolute Gasteiger partial charge is 0.290 e. The van der Waals surface area contributed by atoms with Crippen LogP contribution in [-0.4, -0.2) is 45.9 Å². The van der Waals surface area contributed by atoms with Crippen molar-refractivity contribution in [1.29, 1.82) is 0 Å². The summed E-state index contributed by atoms with van der Waals surface area (Å²) in [5.41, 5.74) is 0.833. The minimum Gasteiger partial charge on any atom is -0.438 e. The zero-order valence-electron chi connectivity index (χ0n) is 13.5. The molecule has 0 spiro atoms. The molecule has 0 radical (unpaired) electrons. The van der Waals surface area contributed by atoms with E-state index >= 15 is 0 Å². The van der Waals surface area contributed by atoms with E-state index in [1.807, 2.05) is 18.2 Å². The van der Waals surface area contributed by atoms with Crippen LogP contribution in [0.25, 0.3) is 0 Å². The standard InChI is InChI=1S/C16H18ClN3O4S/c1-18-25(22,23)15-7-6-14(24-15)16(21)20-9-8-19-10-13(20)11-4-2-3-5-12(11)17/h2-7,13,18-19H,8-10H2,1H3. The Balaban J connectivity index is 1.91. The van der Waals surface area contributed by atoms with Gasteiger partial charge in [0.15, 0.2) is 5.76 Å². The first-order chi connectivity index (χ1) is 11.9. The number of sulfonamides is 1. The lowest BCUT2D eigenvalue weighted by molar-refractivity contribution is 0.0596. The highest BCUT2D eigenvalue weighted by Crippen LogP contribution is 2.30. The molecule has 2 aromatic rings. The quantitative estimate of drug-likeness (QED) is 0.837. The van der Waals surface area contributed by atoms with E-state index in [9.17, 15) is 13.2 Å². The Labute approximate surface area is 151 Å². The first kappa shape index (κ1) is 17.9.